The molecule has 1 fully saturated rings. The number of aromatic nitrogens is 1. The number of ether oxygens (including phenoxy) is 1. The molecule has 0 saturated carbocycles. The molecule has 4 rings (SSSR count). The van der Waals surface area contributed by atoms with Crippen LogP contribution in [-0.2, 0) is 4.79 Å². The van der Waals surface area contributed by atoms with E-state index < -0.39 is 0 Å². The molecule has 29 heavy (non-hydrogen) atoms. The van der Waals surface area contributed by atoms with E-state index in [0.29, 0.717) is 23.9 Å². The summed E-state index contributed by atoms with van der Waals surface area (Å²) in [6.07, 6.45) is 1.68. The molecule has 2 aromatic carbocycles. The average Bonchev–Trinajstić information content (AvgIpc) is 3.20. The molecule has 2 N–H and O–H groups in total. The van der Waals surface area contributed by atoms with Crippen molar-refractivity contribution in [2.75, 3.05) is 18.4 Å². The van der Waals surface area contributed by atoms with Gasteiger partial charge in [0.05, 0.1) is 5.92 Å². The van der Waals surface area contributed by atoms with E-state index in [1.54, 1.807) is 12.3 Å². The zero-order chi connectivity index (χ0) is 18.5. The highest BCUT2D eigenvalue weighted by atomic mass is 35.5. The van der Waals surface area contributed by atoms with Crippen LogP contribution in [0, 0.1) is 5.92 Å². The number of benzene rings is 2. The van der Waals surface area contributed by atoms with E-state index in [-0.39, 0.29) is 42.6 Å². The van der Waals surface area contributed by atoms with Gasteiger partial charge >= 0.3 is 0 Å². The molecule has 0 unspecified atom stereocenters. The molecule has 2 atom stereocenters. The minimum absolute atomic E-state index is 0. The second-order valence-corrected chi connectivity index (χ2v) is 6.57. The van der Waals surface area contributed by atoms with Gasteiger partial charge in [-0.2, -0.15) is 0 Å². The van der Waals surface area contributed by atoms with Crippen molar-refractivity contribution in [3.8, 4) is 11.6 Å². The molecule has 2 heterocycles. The lowest BCUT2D eigenvalue weighted by Gasteiger charge is -2.18. The fraction of sp³-hybridized carbons (Fsp3) is 0.182. The minimum atomic E-state index is -0.104. The van der Waals surface area contributed by atoms with Gasteiger partial charge in [0.15, 0.2) is 0 Å². The van der Waals surface area contributed by atoms with Crippen molar-refractivity contribution >= 4 is 36.4 Å². The Hall–Kier alpha value is -2.60. The van der Waals surface area contributed by atoms with Crippen LogP contribution in [0.4, 0.5) is 5.69 Å². The molecule has 152 valence electrons. The summed E-state index contributed by atoms with van der Waals surface area (Å²) >= 11 is 0. The van der Waals surface area contributed by atoms with Crippen LogP contribution in [0.15, 0.2) is 79.0 Å². The van der Waals surface area contributed by atoms with Gasteiger partial charge in [0.1, 0.15) is 5.75 Å². The third-order valence-corrected chi connectivity index (χ3v) is 4.74. The van der Waals surface area contributed by atoms with Gasteiger partial charge in [0.2, 0.25) is 11.8 Å². The Labute approximate surface area is 182 Å². The Bertz CT molecular complexity index is 910. The number of rotatable bonds is 5. The Morgan fingerprint density at radius 1 is 0.966 bits per heavy atom. The van der Waals surface area contributed by atoms with Gasteiger partial charge in [0.25, 0.3) is 0 Å². The Kier molecular flexibility index (Phi) is 8.46. The van der Waals surface area contributed by atoms with E-state index in [4.69, 9.17) is 4.74 Å². The predicted molar refractivity (Wildman–Crippen MR) is 119 cm³/mol. The van der Waals surface area contributed by atoms with Gasteiger partial charge < -0.3 is 15.4 Å². The SMILES string of the molecule is Cl.Cl.O=C(Nc1cccc(Oc2ccccn2)c1)[C@H]1CNC[C@@H]1c1ccccc1. The van der Waals surface area contributed by atoms with Crippen molar-refractivity contribution in [2.24, 2.45) is 5.92 Å². The van der Waals surface area contributed by atoms with E-state index in [9.17, 15) is 4.79 Å². The van der Waals surface area contributed by atoms with E-state index in [1.807, 2.05) is 54.6 Å². The summed E-state index contributed by atoms with van der Waals surface area (Å²) in [7, 11) is 0. The molecule has 1 aromatic heterocycles. The number of anilines is 1. The molecule has 7 heteroatoms. The third-order valence-electron chi connectivity index (χ3n) is 4.74. The summed E-state index contributed by atoms with van der Waals surface area (Å²) in [6, 6.07) is 23.1. The summed E-state index contributed by atoms with van der Waals surface area (Å²) < 4.78 is 5.74. The maximum Gasteiger partial charge on any atom is 0.229 e. The molecule has 1 aliphatic heterocycles. The summed E-state index contributed by atoms with van der Waals surface area (Å²) in [6.45, 7) is 1.49. The van der Waals surface area contributed by atoms with Gasteiger partial charge in [-0.25, -0.2) is 4.98 Å². The molecule has 0 bridgehead atoms. The lowest BCUT2D eigenvalue weighted by molar-refractivity contribution is -0.119. The first-order valence-corrected chi connectivity index (χ1v) is 9.05. The lowest BCUT2D eigenvalue weighted by Crippen LogP contribution is -2.28. The molecule has 1 amide bonds. The predicted octanol–water partition coefficient (Wildman–Crippen LogP) is 4.66. The highest BCUT2D eigenvalue weighted by molar-refractivity contribution is 5.93. The highest BCUT2D eigenvalue weighted by Crippen LogP contribution is 2.30. The lowest BCUT2D eigenvalue weighted by atomic mass is 9.88. The van der Waals surface area contributed by atoms with Crippen molar-refractivity contribution in [1.29, 1.82) is 0 Å². The van der Waals surface area contributed by atoms with Gasteiger partial charge in [-0.15, -0.1) is 24.8 Å². The zero-order valence-electron chi connectivity index (χ0n) is 15.7. The van der Waals surface area contributed by atoms with E-state index >= 15 is 0 Å². The molecule has 0 radical (unpaired) electrons. The van der Waals surface area contributed by atoms with Crippen molar-refractivity contribution in [2.45, 2.75) is 5.92 Å². The van der Waals surface area contributed by atoms with Crippen molar-refractivity contribution in [3.63, 3.8) is 0 Å². The number of hydrogen-bond acceptors (Lipinski definition) is 4. The monoisotopic (exact) mass is 431 g/mol. The summed E-state index contributed by atoms with van der Waals surface area (Å²) in [5, 5.41) is 6.37. The standard InChI is InChI=1S/C22H21N3O2.2ClH/c26-22(20-15-23-14-19(20)16-7-2-1-3-8-16)25-17-9-6-10-18(13-17)27-21-11-4-5-12-24-21;;/h1-13,19-20,23H,14-15H2,(H,25,26);2*1H/t19-,20+;;/m1../s1. The zero-order valence-corrected chi connectivity index (χ0v) is 17.3. The highest BCUT2D eigenvalue weighted by Gasteiger charge is 2.33. The van der Waals surface area contributed by atoms with Crippen LogP contribution in [0.2, 0.25) is 0 Å². The van der Waals surface area contributed by atoms with Crippen LogP contribution in [0.5, 0.6) is 11.6 Å². The molecule has 0 aliphatic carbocycles. The summed E-state index contributed by atoms with van der Waals surface area (Å²) in [5.41, 5.74) is 1.90. The number of amides is 1. The van der Waals surface area contributed by atoms with Crippen molar-refractivity contribution < 1.29 is 9.53 Å². The Morgan fingerprint density at radius 2 is 1.76 bits per heavy atom. The molecule has 5 nitrogen and oxygen atoms in total. The topological polar surface area (TPSA) is 63.2 Å². The average molecular weight is 432 g/mol. The number of nitrogens with one attached hydrogen (secondary N) is 2. The second kappa shape index (κ2) is 10.8. The van der Waals surface area contributed by atoms with Gasteiger partial charge in [0, 0.05) is 43.0 Å². The number of carbonyl (C=O) groups excluding carboxylic acids is 1. The summed E-state index contributed by atoms with van der Waals surface area (Å²) in [5.74, 6) is 1.25. The third kappa shape index (κ3) is 5.70. The maximum atomic E-state index is 12.9. The molecule has 3 aromatic rings. The molecule has 0 spiro atoms. The largest absolute Gasteiger partial charge is 0.439 e. The molecule has 1 saturated heterocycles. The molecule has 1 aliphatic rings. The van der Waals surface area contributed by atoms with Gasteiger partial charge in [-0.05, 0) is 23.8 Å². The number of carbonyl (C=O) groups is 1. The maximum absolute atomic E-state index is 12.9. The van der Waals surface area contributed by atoms with E-state index in [0.717, 1.165) is 6.54 Å². The second-order valence-electron chi connectivity index (χ2n) is 6.57. The van der Waals surface area contributed by atoms with Gasteiger partial charge in [-0.3, -0.25) is 4.79 Å². The quantitative estimate of drug-likeness (QED) is 0.616. The van der Waals surface area contributed by atoms with Crippen LogP contribution in [0.1, 0.15) is 11.5 Å². The number of nitrogens with zero attached hydrogens (tertiary/aromatic N) is 1. The van der Waals surface area contributed by atoms with Crippen molar-refractivity contribution in [1.82, 2.24) is 10.3 Å². The first-order chi connectivity index (χ1) is 13.3. The smallest absolute Gasteiger partial charge is 0.229 e. The number of hydrogen-bond donors (Lipinski definition) is 2. The summed E-state index contributed by atoms with van der Waals surface area (Å²) in [4.78, 5) is 17.0. The fourth-order valence-corrected chi connectivity index (χ4v) is 3.41. The van der Waals surface area contributed by atoms with E-state index in [2.05, 4.69) is 27.8 Å². The van der Waals surface area contributed by atoms with Crippen LogP contribution in [0.3, 0.4) is 0 Å². The van der Waals surface area contributed by atoms with Crippen LogP contribution < -0.4 is 15.4 Å². The minimum Gasteiger partial charge on any atom is -0.439 e. The molecular weight excluding hydrogens is 409 g/mol. The Balaban J connectivity index is 0.00000150. The Morgan fingerprint density at radius 3 is 2.52 bits per heavy atom. The van der Waals surface area contributed by atoms with Crippen LogP contribution >= 0.6 is 24.8 Å². The normalized spacial score (nSPS) is 17.5. The molecular formula is C22H23Cl2N3O2. The van der Waals surface area contributed by atoms with Crippen LogP contribution in [-0.4, -0.2) is 24.0 Å². The first kappa shape index (κ1) is 22.7. The fourth-order valence-electron chi connectivity index (χ4n) is 3.41. The van der Waals surface area contributed by atoms with Gasteiger partial charge in [-0.1, -0.05) is 42.5 Å². The van der Waals surface area contributed by atoms with Crippen LogP contribution in [0.25, 0.3) is 0 Å². The number of pyridine rings is 1. The first-order valence-electron chi connectivity index (χ1n) is 9.05. The number of halogens is 2. The van der Waals surface area contributed by atoms with Crippen molar-refractivity contribution in [3.05, 3.63) is 84.6 Å². The van der Waals surface area contributed by atoms with E-state index in [1.165, 1.54) is 5.56 Å².